The van der Waals surface area contributed by atoms with E-state index in [0.717, 1.165) is 11.8 Å². The van der Waals surface area contributed by atoms with Crippen molar-refractivity contribution in [2.45, 2.75) is 17.3 Å². The lowest BCUT2D eigenvalue weighted by atomic mass is 10.3. The van der Waals surface area contributed by atoms with E-state index < -0.39 is 5.25 Å². The Bertz CT molecular complexity index is 657. The predicted octanol–water partition coefficient (Wildman–Crippen LogP) is 2.03. The average molecular weight is 293 g/mol. The van der Waals surface area contributed by atoms with Crippen molar-refractivity contribution in [2.75, 3.05) is 5.32 Å². The third kappa shape index (κ3) is 3.92. The molecule has 0 aliphatic rings. The van der Waals surface area contributed by atoms with Crippen molar-refractivity contribution in [1.82, 2.24) is 9.97 Å². The van der Waals surface area contributed by atoms with Crippen LogP contribution in [0.25, 0.3) is 0 Å². The van der Waals surface area contributed by atoms with Gasteiger partial charge in [0.05, 0.1) is 5.25 Å². The van der Waals surface area contributed by atoms with Gasteiger partial charge in [-0.2, -0.15) is 0 Å². The van der Waals surface area contributed by atoms with E-state index in [2.05, 4.69) is 15.3 Å². The second kappa shape index (κ2) is 6.33. The van der Waals surface area contributed by atoms with Crippen molar-refractivity contribution < 1.29 is 9.18 Å². The monoisotopic (exact) mass is 293 g/mol. The number of hydrogen-bond donors (Lipinski definition) is 2. The lowest BCUT2D eigenvalue weighted by molar-refractivity contribution is -0.115. The lowest BCUT2D eigenvalue weighted by Gasteiger charge is -2.11. The molecule has 104 valence electrons. The summed E-state index contributed by atoms with van der Waals surface area (Å²) in [5.41, 5.74) is 0.243. The molecule has 0 bridgehead atoms. The Balaban J connectivity index is 1.98. The molecule has 0 saturated carbocycles. The highest BCUT2D eigenvalue weighted by Crippen LogP contribution is 2.19. The molecule has 0 unspecified atom stereocenters. The van der Waals surface area contributed by atoms with Gasteiger partial charge in [-0.25, -0.2) is 9.37 Å². The summed E-state index contributed by atoms with van der Waals surface area (Å²) in [5, 5.41) is 2.58. The van der Waals surface area contributed by atoms with Crippen LogP contribution in [-0.4, -0.2) is 21.1 Å². The van der Waals surface area contributed by atoms with Gasteiger partial charge in [0.15, 0.2) is 5.16 Å². The Morgan fingerprint density at radius 1 is 1.35 bits per heavy atom. The topological polar surface area (TPSA) is 74.8 Å². The number of H-pyrrole nitrogens is 1. The van der Waals surface area contributed by atoms with Crippen LogP contribution in [0.3, 0.4) is 0 Å². The van der Waals surface area contributed by atoms with Crippen LogP contribution in [0.5, 0.6) is 0 Å². The van der Waals surface area contributed by atoms with Gasteiger partial charge in [-0.3, -0.25) is 9.59 Å². The van der Waals surface area contributed by atoms with Gasteiger partial charge >= 0.3 is 0 Å². The highest BCUT2D eigenvalue weighted by atomic mass is 32.2. The maximum Gasteiger partial charge on any atom is 0.251 e. The van der Waals surface area contributed by atoms with Crippen LogP contribution in [0.1, 0.15) is 6.92 Å². The van der Waals surface area contributed by atoms with Crippen molar-refractivity contribution in [3.63, 3.8) is 0 Å². The molecular formula is C13H12FN3O2S. The van der Waals surface area contributed by atoms with E-state index in [1.165, 1.54) is 36.5 Å². The van der Waals surface area contributed by atoms with Gasteiger partial charge < -0.3 is 10.3 Å². The van der Waals surface area contributed by atoms with Crippen molar-refractivity contribution in [3.8, 4) is 0 Å². The molecule has 0 aliphatic heterocycles. The summed E-state index contributed by atoms with van der Waals surface area (Å²) in [7, 11) is 0. The Morgan fingerprint density at radius 2 is 2.05 bits per heavy atom. The number of thioether (sulfide) groups is 1. The van der Waals surface area contributed by atoms with Crippen LogP contribution in [0.15, 0.2) is 46.5 Å². The lowest BCUT2D eigenvalue weighted by Crippen LogP contribution is -2.23. The standard InChI is InChI=1S/C13H12FN3O2S/c1-8(20-13-15-7-6-11(18)17-13)12(19)16-10-4-2-9(14)3-5-10/h2-8H,1H3,(H,16,19)(H,15,17,18)/t8-/m0/s1. The smallest absolute Gasteiger partial charge is 0.251 e. The summed E-state index contributed by atoms with van der Waals surface area (Å²) in [4.78, 5) is 29.6. The number of carbonyl (C=O) groups excluding carboxylic acids is 1. The number of amides is 1. The van der Waals surface area contributed by atoms with Gasteiger partial charge in [0.25, 0.3) is 5.56 Å². The number of hydrogen-bond acceptors (Lipinski definition) is 4. The summed E-state index contributed by atoms with van der Waals surface area (Å²) in [5.74, 6) is -0.621. The zero-order valence-corrected chi connectivity index (χ0v) is 11.4. The molecule has 1 amide bonds. The Kier molecular flexibility index (Phi) is 4.52. The molecule has 7 heteroatoms. The van der Waals surface area contributed by atoms with Crippen molar-refractivity contribution in [2.24, 2.45) is 0 Å². The van der Waals surface area contributed by atoms with Crippen molar-refractivity contribution in [1.29, 1.82) is 0 Å². The molecule has 1 heterocycles. The zero-order valence-electron chi connectivity index (χ0n) is 10.6. The molecule has 5 nitrogen and oxygen atoms in total. The van der Waals surface area contributed by atoms with E-state index in [1.807, 2.05) is 0 Å². The summed E-state index contributed by atoms with van der Waals surface area (Å²) in [6.07, 6.45) is 1.38. The summed E-state index contributed by atoms with van der Waals surface area (Å²) in [6.45, 7) is 1.69. The van der Waals surface area contributed by atoms with Gasteiger partial charge in [-0.15, -0.1) is 0 Å². The van der Waals surface area contributed by atoms with Gasteiger partial charge in [0.2, 0.25) is 5.91 Å². The largest absolute Gasteiger partial charge is 0.325 e. The zero-order chi connectivity index (χ0) is 14.5. The molecule has 2 rings (SSSR count). The number of aromatic nitrogens is 2. The highest BCUT2D eigenvalue weighted by molar-refractivity contribution is 8.00. The van der Waals surface area contributed by atoms with Gasteiger partial charge in [0, 0.05) is 18.0 Å². The summed E-state index contributed by atoms with van der Waals surface area (Å²) in [6, 6.07) is 6.79. The minimum absolute atomic E-state index is 0.256. The molecular weight excluding hydrogens is 281 g/mol. The summed E-state index contributed by atoms with van der Waals surface area (Å²) >= 11 is 1.14. The maximum atomic E-state index is 12.7. The van der Waals surface area contributed by atoms with Crippen molar-refractivity contribution >= 4 is 23.4 Å². The highest BCUT2D eigenvalue weighted by Gasteiger charge is 2.15. The molecule has 20 heavy (non-hydrogen) atoms. The minimum Gasteiger partial charge on any atom is -0.325 e. The fraction of sp³-hybridized carbons (Fsp3) is 0.154. The van der Waals surface area contributed by atoms with Gasteiger partial charge in [-0.05, 0) is 31.2 Å². The van der Waals surface area contributed by atoms with Crippen LogP contribution < -0.4 is 10.9 Å². The Labute approximate surface area is 118 Å². The van der Waals surface area contributed by atoms with Crippen LogP contribution in [0.2, 0.25) is 0 Å². The fourth-order valence-electron chi connectivity index (χ4n) is 1.41. The van der Waals surface area contributed by atoms with E-state index in [9.17, 15) is 14.0 Å². The number of rotatable bonds is 4. The molecule has 0 radical (unpaired) electrons. The third-order valence-corrected chi connectivity index (χ3v) is 3.42. The molecule has 0 aliphatic carbocycles. The minimum atomic E-state index is -0.453. The second-order valence-corrected chi connectivity index (χ2v) is 5.32. The second-order valence-electron chi connectivity index (χ2n) is 4.00. The van der Waals surface area contributed by atoms with E-state index in [1.54, 1.807) is 6.92 Å². The first kappa shape index (κ1) is 14.3. The SMILES string of the molecule is C[C@H](Sc1nccc(=O)[nH]1)C(=O)Nc1ccc(F)cc1. The predicted molar refractivity (Wildman–Crippen MR) is 75.2 cm³/mol. The summed E-state index contributed by atoms with van der Waals surface area (Å²) < 4.78 is 12.7. The van der Waals surface area contributed by atoms with Crippen molar-refractivity contribution in [3.05, 3.63) is 52.7 Å². The number of nitrogens with one attached hydrogen (secondary N) is 2. The molecule has 1 aromatic heterocycles. The molecule has 2 aromatic rings. The van der Waals surface area contributed by atoms with Crippen LogP contribution in [0, 0.1) is 5.82 Å². The number of anilines is 1. The van der Waals surface area contributed by atoms with E-state index in [-0.39, 0.29) is 17.3 Å². The Hall–Kier alpha value is -2.15. The molecule has 1 aromatic carbocycles. The molecule has 0 saturated heterocycles. The fourth-order valence-corrected chi connectivity index (χ4v) is 2.19. The van der Waals surface area contributed by atoms with Crippen LogP contribution in [0.4, 0.5) is 10.1 Å². The first-order valence-corrected chi connectivity index (χ1v) is 6.71. The normalized spacial score (nSPS) is 11.9. The first-order chi connectivity index (χ1) is 9.54. The van der Waals surface area contributed by atoms with Gasteiger partial charge in [0.1, 0.15) is 5.82 Å². The van der Waals surface area contributed by atoms with Crippen LogP contribution in [-0.2, 0) is 4.79 Å². The number of halogens is 1. The van der Waals surface area contributed by atoms with E-state index >= 15 is 0 Å². The Morgan fingerprint density at radius 3 is 2.70 bits per heavy atom. The average Bonchev–Trinajstić information content (AvgIpc) is 2.41. The molecule has 0 spiro atoms. The quantitative estimate of drug-likeness (QED) is 0.668. The molecule has 1 atom stereocenters. The third-order valence-electron chi connectivity index (χ3n) is 2.42. The maximum absolute atomic E-state index is 12.7. The van der Waals surface area contributed by atoms with Crippen LogP contribution >= 0.6 is 11.8 Å². The molecule has 2 N–H and O–H groups in total. The molecule has 0 fully saturated rings. The number of carbonyl (C=O) groups is 1. The number of nitrogens with zero attached hydrogens (tertiary/aromatic N) is 1. The van der Waals surface area contributed by atoms with Gasteiger partial charge in [-0.1, -0.05) is 11.8 Å². The van der Waals surface area contributed by atoms with E-state index in [4.69, 9.17) is 0 Å². The number of aromatic amines is 1. The number of benzene rings is 1. The first-order valence-electron chi connectivity index (χ1n) is 5.83. The van der Waals surface area contributed by atoms with E-state index in [0.29, 0.717) is 10.8 Å².